The van der Waals surface area contributed by atoms with E-state index in [1.54, 1.807) is 29.4 Å². The van der Waals surface area contributed by atoms with Crippen LogP contribution in [0.4, 0.5) is 4.39 Å². The predicted molar refractivity (Wildman–Crippen MR) is 103 cm³/mol. The van der Waals surface area contributed by atoms with Gasteiger partial charge in [0.1, 0.15) is 5.82 Å². The average Bonchev–Trinajstić information content (AvgIpc) is 3.32. The number of aryl methyl sites for hydroxylation is 1. The molecular weight excluding hydrogens is 341 g/mol. The largest absolute Gasteiger partial charge is 0.346 e. The van der Waals surface area contributed by atoms with Gasteiger partial charge in [-0.2, -0.15) is 0 Å². The van der Waals surface area contributed by atoms with Crippen LogP contribution in [0.1, 0.15) is 36.1 Å². The Hall–Kier alpha value is -3.21. The summed E-state index contributed by atoms with van der Waals surface area (Å²) in [4.78, 5) is 16.4. The number of hydrogen-bond acceptors (Lipinski definition) is 2. The van der Waals surface area contributed by atoms with E-state index in [2.05, 4.69) is 22.4 Å². The Bertz CT molecular complexity index is 1010. The monoisotopic (exact) mass is 361 g/mol. The van der Waals surface area contributed by atoms with Crippen molar-refractivity contribution in [2.24, 2.45) is 0 Å². The molecule has 1 amide bonds. The molecule has 1 unspecified atom stereocenters. The summed E-state index contributed by atoms with van der Waals surface area (Å²) in [6.07, 6.45) is 8.26. The van der Waals surface area contributed by atoms with Crippen molar-refractivity contribution < 1.29 is 9.18 Å². The van der Waals surface area contributed by atoms with E-state index in [9.17, 15) is 9.18 Å². The molecule has 1 aliphatic rings. The van der Waals surface area contributed by atoms with Crippen LogP contribution in [0.25, 0.3) is 11.3 Å². The lowest BCUT2D eigenvalue weighted by Crippen LogP contribution is -2.25. The number of carbonyl (C=O) groups is 1. The molecule has 4 rings (SSSR count). The topological polar surface area (TPSA) is 46.9 Å². The van der Waals surface area contributed by atoms with Gasteiger partial charge < -0.3 is 9.88 Å². The molecule has 1 aromatic heterocycles. The summed E-state index contributed by atoms with van der Waals surface area (Å²) in [5.74, 6) is -0.517. The Labute approximate surface area is 157 Å². The van der Waals surface area contributed by atoms with Crippen LogP contribution in [0.15, 0.2) is 67.3 Å². The number of nitrogens with one attached hydrogen (secondary N) is 1. The van der Waals surface area contributed by atoms with Crippen LogP contribution in [0.3, 0.4) is 0 Å². The van der Waals surface area contributed by atoms with Gasteiger partial charge >= 0.3 is 0 Å². The highest BCUT2D eigenvalue weighted by Gasteiger charge is 2.22. The second kappa shape index (κ2) is 7.19. The Morgan fingerprint density at radius 2 is 2.15 bits per heavy atom. The zero-order valence-corrected chi connectivity index (χ0v) is 15.0. The van der Waals surface area contributed by atoms with E-state index >= 15 is 0 Å². The summed E-state index contributed by atoms with van der Waals surface area (Å²) in [5.41, 5.74) is 4.30. The van der Waals surface area contributed by atoms with Gasteiger partial charge in [0.25, 0.3) is 0 Å². The number of benzene rings is 2. The van der Waals surface area contributed by atoms with Crippen molar-refractivity contribution in [2.75, 3.05) is 0 Å². The van der Waals surface area contributed by atoms with Gasteiger partial charge in [-0.25, -0.2) is 9.37 Å². The number of nitrogens with zero attached hydrogens (tertiary/aromatic N) is 2. The molecule has 0 saturated heterocycles. The van der Waals surface area contributed by atoms with E-state index in [-0.39, 0.29) is 17.8 Å². The summed E-state index contributed by atoms with van der Waals surface area (Å²) < 4.78 is 16.0. The van der Waals surface area contributed by atoms with Crippen LogP contribution in [0.5, 0.6) is 0 Å². The first-order valence-electron chi connectivity index (χ1n) is 8.96. The highest BCUT2D eigenvalue weighted by atomic mass is 19.1. The van der Waals surface area contributed by atoms with Crippen LogP contribution in [-0.4, -0.2) is 15.5 Å². The van der Waals surface area contributed by atoms with E-state index in [0.717, 1.165) is 18.4 Å². The third-order valence-corrected chi connectivity index (χ3v) is 4.98. The molecule has 0 saturated carbocycles. The number of hydrogen-bond donors (Lipinski definition) is 1. The normalized spacial score (nSPS) is 16.2. The third kappa shape index (κ3) is 3.53. The van der Waals surface area contributed by atoms with Gasteiger partial charge in [-0.3, -0.25) is 4.79 Å². The maximum Gasteiger partial charge on any atom is 0.244 e. The fourth-order valence-corrected chi connectivity index (χ4v) is 3.56. The molecule has 4 nitrogen and oxygen atoms in total. The minimum absolute atomic E-state index is 0.0399. The summed E-state index contributed by atoms with van der Waals surface area (Å²) in [6, 6.07) is 13.2. The van der Waals surface area contributed by atoms with Gasteiger partial charge in [-0.05, 0) is 54.2 Å². The first-order chi connectivity index (χ1) is 13.1. The number of halogens is 1. The number of allylic oxidation sites excluding steroid dienone is 1. The van der Waals surface area contributed by atoms with E-state index < -0.39 is 0 Å². The zero-order chi connectivity index (χ0) is 18.8. The van der Waals surface area contributed by atoms with Crippen molar-refractivity contribution in [1.82, 2.24) is 14.9 Å². The first-order valence-corrected chi connectivity index (χ1v) is 8.96. The van der Waals surface area contributed by atoms with Crippen LogP contribution in [0, 0.1) is 5.82 Å². The minimum Gasteiger partial charge on any atom is -0.346 e. The molecule has 0 radical (unpaired) electrons. The summed E-state index contributed by atoms with van der Waals surface area (Å²) in [6.45, 7) is 1.81. The summed E-state index contributed by atoms with van der Waals surface area (Å²) in [5, 5.41) is 3.06. The lowest BCUT2D eigenvalue weighted by atomic mass is 10.1. The minimum atomic E-state index is -0.358. The van der Waals surface area contributed by atoms with Crippen molar-refractivity contribution in [3.63, 3.8) is 0 Å². The predicted octanol–water partition coefficient (Wildman–Crippen LogP) is 4.22. The number of rotatable bonds is 4. The molecular formula is C22H20FN3O. The van der Waals surface area contributed by atoms with E-state index in [4.69, 9.17) is 0 Å². The second-order valence-corrected chi connectivity index (χ2v) is 6.76. The number of carbonyl (C=O) groups excluding carboxylic acids is 1. The molecule has 0 bridgehead atoms. The van der Waals surface area contributed by atoms with Crippen LogP contribution >= 0.6 is 0 Å². The summed E-state index contributed by atoms with van der Waals surface area (Å²) in [7, 11) is 0. The number of fused-ring (bicyclic) bond motifs is 1. The number of imidazole rings is 1. The van der Waals surface area contributed by atoms with Crippen LogP contribution in [-0.2, 0) is 11.2 Å². The van der Waals surface area contributed by atoms with Crippen molar-refractivity contribution in [1.29, 1.82) is 0 Å². The molecule has 0 aliphatic heterocycles. The molecule has 27 heavy (non-hydrogen) atoms. The van der Waals surface area contributed by atoms with E-state index in [0.29, 0.717) is 11.3 Å². The fourth-order valence-electron chi connectivity index (χ4n) is 3.56. The molecule has 1 atom stereocenters. The smallest absolute Gasteiger partial charge is 0.244 e. The van der Waals surface area contributed by atoms with Crippen LogP contribution < -0.4 is 5.32 Å². The number of aromatic nitrogens is 2. The molecule has 5 heteroatoms. The molecule has 3 aromatic rings. The van der Waals surface area contributed by atoms with Crippen molar-refractivity contribution in [2.45, 2.75) is 25.8 Å². The highest BCUT2D eigenvalue weighted by Crippen LogP contribution is 2.30. The number of amides is 1. The van der Waals surface area contributed by atoms with Gasteiger partial charge in [0, 0.05) is 18.5 Å². The van der Waals surface area contributed by atoms with Gasteiger partial charge in [0.2, 0.25) is 5.91 Å². The first kappa shape index (κ1) is 17.2. The van der Waals surface area contributed by atoms with Gasteiger partial charge in [-0.1, -0.05) is 30.3 Å². The summed E-state index contributed by atoms with van der Waals surface area (Å²) >= 11 is 0. The molecule has 0 fully saturated rings. The molecule has 1 heterocycles. The molecule has 1 N–H and O–H groups in total. The Kier molecular flexibility index (Phi) is 4.59. The van der Waals surface area contributed by atoms with Gasteiger partial charge in [0.05, 0.1) is 18.1 Å². The van der Waals surface area contributed by atoms with Crippen molar-refractivity contribution in [3.05, 3.63) is 89.8 Å². The second-order valence-electron chi connectivity index (χ2n) is 6.76. The highest BCUT2D eigenvalue weighted by molar-refractivity contribution is 5.95. The Morgan fingerprint density at radius 1 is 1.30 bits per heavy atom. The van der Waals surface area contributed by atoms with E-state index in [1.807, 2.05) is 25.1 Å². The molecule has 2 aromatic carbocycles. The standard InChI is InChI=1S/C22H20FN3O/c1-15(17-7-9-21(19(23)13-17)26-11-10-24-14-26)12-22(27)25-20-8-6-16-4-2-3-5-18(16)20/h2-5,7,9-14,20H,6,8H2,1H3,(H,25,27). The van der Waals surface area contributed by atoms with Crippen LogP contribution in [0.2, 0.25) is 0 Å². The zero-order valence-electron chi connectivity index (χ0n) is 15.0. The lowest BCUT2D eigenvalue weighted by Gasteiger charge is -2.13. The maximum absolute atomic E-state index is 14.4. The quantitative estimate of drug-likeness (QED) is 0.708. The van der Waals surface area contributed by atoms with E-state index in [1.165, 1.54) is 23.3 Å². The Morgan fingerprint density at radius 3 is 2.93 bits per heavy atom. The molecule has 1 aliphatic carbocycles. The molecule has 0 spiro atoms. The van der Waals surface area contributed by atoms with Gasteiger partial charge in [0.15, 0.2) is 0 Å². The van der Waals surface area contributed by atoms with Gasteiger partial charge in [-0.15, -0.1) is 0 Å². The maximum atomic E-state index is 14.4. The molecule has 136 valence electrons. The van der Waals surface area contributed by atoms with Crippen molar-refractivity contribution >= 4 is 11.5 Å². The lowest BCUT2D eigenvalue weighted by molar-refractivity contribution is -0.117. The Balaban J connectivity index is 1.49. The average molecular weight is 361 g/mol. The fraction of sp³-hybridized carbons (Fsp3) is 0.182. The van der Waals surface area contributed by atoms with Crippen molar-refractivity contribution in [3.8, 4) is 5.69 Å². The third-order valence-electron chi connectivity index (χ3n) is 4.98. The SMILES string of the molecule is CC(=CC(=O)NC1CCc2ccccc21)c1ccc(-n2ccnc2)c(F)c1.